The summed E-state index contributed by atoms with van der Waals surface area (Å²) in [5, 5.41) is 8.06. The fourth-order valence-electron chi connectivity index (χ4n) is 3.50. The Bertz CT molecular complexity index is 1350. The van der Waals surface area contributed by atoms with Crippen LogP contribution in [-0.4, -0.2) is 33.2 Å². The Labute approximate surface area is 198 Å². The lowest BCUT2D eigenvalue weighted by atomic mass is 10.0. The molecular formula is C27H26N4O3. The first-order chi connectivity index (χ1) is 16.5. The Morgan fingerprint density at radius 1 is 1.06 bits per heavy atom. The minimum absolute atomic E-state index is 0.153. The molecule has 0 spiro atoms. The van der Waals surface area contributed by atoms with Crippen molar-refractivity contribution in [3.8, 4) is 5.82 Å². The zero-order valence-electron chi connectivity index (χ0n) is 19.4. The minimum Gasteiger partial charge on any atom is -0.462 e. The van der Waals surface area contributed by atoms with Gasteiger partial charge in [0.15, 0.2) is 11.6 Å². The summed E-state index contributed by atoms with van der Waals surface area (Å²) in [6.07, 6.45) is 4.52. The molecule has 0 atom stereocenters. The molecule has 2 aromatic carbocycles. The maximum absolute atomic E-state index is 12.8. The van der Waals surface area contributed by atoms with E-state index in [2.05, 4.69) is 29.2 Å². The second-order valence-corrected chi connectivity index (χ2v) is 8.05. The van der Waals surface area contributed by atoms with E-state index in [-0.39, 0.29) is 18.0 Å². The summed E-state index contributed by atoms with van der Waals surface area (Å²) in [5.41, 5.74) is 3.05. The van der Waals surface area contributed by atoms with E-state index in [1.165, 1.54) is 22.5 Å². The second-order valence-electron chi connectivity index (χ2n) is 8.05. The Morgan fingerprint density at radius 2 is 1.82 bits per heavy atom. The van der Waals surface area contributed by atoms with Gasteiger partial charge >= 0.3 is 5.97 Å². The van der Waals surface area contributed by atoms with E-state index < -0.39 is 11.9 Å². The molecule has 0 saturated carbocycles. The lowest BCUT2D eigenvalue weighted by molar-refractivity contribution is -0.111. The van der Waals surface area contributed by atoms with Crippen LogP contribution in [-0.2, 0) is 9.53 Å². The Kier molecular flexibility index (Phi) is 6.82. The fraction of sp³-hybridized carbons (Fsp3) is 0.185. The van der Waals surface area contributed by atoms with Crippen molar-refractivity contribution >= 4 is 34.7 Å². The topological polar surface area (TPSA) is 86.1 Å². The van der Waals surface area contributed by atoms with Gasteiger partial charge in [-0.1, -0.05) is 56.3 Å². The van der Waals surface area contributed by atoms with Crippen molar-refractivity contribution in [3.63, 3.8) is 0 Å². The standard InChI is InChI=1S/C27H26N4O3/c1-4-34-27(33)22-17-28-31(24-15-14-21-7-5-6-8-23(21)29-24)26(22)30-25(32)16-11-19-9-12-20(13-10-19)18(2)3/h5-18H,4H2,1-3H3,(H,30,32)/b16-11+. The molecule has 0 radical (unpaired) electrons. The van der Waals surface area contributed by atoms with Gasteiger partial charge in [-0.3, -0.25) is 4.79 Å². The van der Waals surface area contributed by atoms with Crippen molar-refractivity contribution in [2.24, 2.45) is 0 Å². The van der Waals surface area contributed by atoms with E-state index in [1.807, 2.05) is 54.6 Å². The predicted molar refractivity (Wildman–Crippen MR) is 133 cm³/mol. The number of para-hydroxylation sites is 1. The van der Waals surface area contributed by atoms with E-state index in [0.29, 0.717) is 11.7 Å². The van der Waals surface area contributed by atoms with Gasteiger partial charge < -0.3 is 10.1 Å². The molecule has 4 aromatic rings. The number of carbonyl (C=O) groups excluding carboxylic acids is 2. The maximum atomic E-state index is 12.8. The van der Waals surface area contributed by atoms with Crippen molar-refractivity contribution in [2.45, 2.75) is 26.7 Å². The number of ether oxygens (including phenoxy) is 1. The van der Waals surface area contributed by atoms with Crippen LogP contribution < -0.4 is 5.32 Å². The van der Waals surface area contributed by atoms with Crippen molar-refractivity contribution in [3.05, 3.63) is 89.6 Å². The Hall–Kier alpha value is -4.26. The molecule has 2 aromatic heterocycles. The monoisotopic (exact) mass is 454 g/mol. The van der Waals surface area contributed by atoms with Gasteiger partial charge in [0.1, 0.15) is 5.56 Å². The highest BCUT2D eigenvalue weighted by atomic mass is 16.5. The maximum Gasteiger partial charge on any atom is 0.343 e. The third kappa shape index (κ3) is 5.04. The van der Waals surface area contributed by atoms with Gasteiger partial charge in [-0.25, -0.2) is 9.78 Å². The first-order valence-corrected chi connectivity index (χ1v) is 11.2. The Balaban J connectivity index is 1.63. The lowest BCUT2D eigenvalue weighted by Crippen LogP contribution is -2.16. The molecule has 1 N–H and O–H groups in total. The molecule has 34 heavy (non-hydrogen) atoms. The van der Waals surface area contributed by atoms with Crippen molar-refractivity contribution < 1.29 is 14.3 Å². The number of nitrogens with one attached hydrogen (secondary N) is 1. The largest absolute Gasteiger partial charge is 0.462 e. The number of amides is 1. The molecule has 0 aliphatic heterocycles. The third-order valence-corrected chi connectivity index (χ3v) is 5.34. The van der Waals surface area contributed by atoms with Crippen LogP contribution in [0.25, 0.3) is 22.8 Å². The molecule has 0 aliphatic carbocycles. The van der Waals surface area contributed by atoms with Crippen LogP contribution in [0.1, 0.15) is 48.2 Å². The van der Waals surface area contributed by atoms with Crippen molar-refractivity contribution in [1.29, 1.82) is 0 Å². The van der Waals surface area contributed by atoms with Crippen LogP contribution in [0.5, 0.6) is 0 Å². The number of hydrogen-bond acceptors (Lipinski definition) is 5. The predicted octanol–water partition coefficient (Wildman–Crippen LogP) is 5.37. The molecule has 0 aliphatic rings. The molecule has 0 saturated heterocycles. The normalized spacial score (nSPS) is 11.3. The zero-order chi connectivity index (χ0) is 24.1. The summed E-state index contributed by atoms with van der Waals surface area (Å²) in [4.78, 5) is 29.9. The molecule has 172 valence electrons. The van der Waals surface area contributed by atoms with Crippen LogP contribution >= 0.6 is 0 Å². The number of hydrogen-bond donors (Lipinski definition) is 1. The number of pyridine rings is 1. The zero-order valence-corrected chi connectivity index (χ0v) is 19.4. The molecule has 0 unspecified atom stereocenters. The molecule has 7 heteroatoms. The number of aromatic nitrogens is 3. The van der Waals surface area contributed by atoms with Gasteiger partial charge in [-0.2, -0.15) is 9.78 Å². The van der Waals surface area contributed by atoms with E-state index in [1.54, 1.807) is 19.1 Å². The van der Waals surface area contributed by atoms with E-state index in [4.69, 9.17) is 4.74 Å². The molecular weight excluding hydrogens is 428 g/mol. The van der Waals surface area contributed by atoms with Crippen LogP contribution in [0, 0.1) is 0 Å². The molecule has 0 bridgehead atoms. The molecule has 4 rings (SSSR count). The Morgan fingerprint density at radius 3 is 2.56 bits per heavy atom. The highest BCUT2D eigenvalue weighted by Crippen LogP contribution is 2.23. The highest BCUT2D eigenvalue weighted by molar-refractivity contribution is 6.05. The summed E-state index contributed by atoms with van der Waals surface area (Å²) in [6, 6.07) is 19.4. The summed E-state index contributed by atoms with van der Waals surface area (Å²) in [6.45, 7) is 6.19. The number of carbonyl (C=O) groups is 2. The molecule has 1 amide bonds. The number of fused-ring (bicyclic) bond motifs is 1. The summed E-state index contributed by atoms with van der Waals surface area (Å²) < 4.78 is 6.58. The lowest BCUT2D eigenvalue weighted by Gasteiger charge is -2.10. The first kappa shape index (κ1) is 22.9. The van der Waals surface area contributed by atoms with Crippen LogP contribution in [0.15, 0.2) is 72.9 Å². The number of benzene rings is 2. The molecule has 2 heterocycles. The van der Waals surface area contributed by atoms with Crippen molar-refractivity contribution in [1.82, 2.24) is 14.8 Å². The second kappa shape index (κ2) is 10.1. The van der Waals surface area contributed by atoms with Crippen LogP contribution in [0.4, 0.5) is 5.82 Å². The number of anilines is 1. The molecule has 0 fully saturated rings. The summed E-state index contributed by atoms with van der Waals surface area (Å²) in [7, 11) is 0. The quantitative estimate of drug-likeness (QED) is 0.300. The third-order valence-electron chi connectivity index (χ3n) is 5.34. The fourth-order valence-corrected chi connectivity index (χ4v) is 3.50. The average Bonchev–Trinajstić information content (AvgIpc) is 3.26. The van der Waals surface area contributed by atoms with Gasteiger partial charge in [0.2, 0.25) is 5.91 Å². The summed E-state index contributed by atoms with van der Waals surface area (Å²) in [5.74, 6) is 0.134. The van der Waals surface area contributed by atoms with Gasteiger partial charge in [0.25, 0.3) is 0 Å². The molecule has 7 nitrogen and oxygen atoms in total. The summed E-state index contributed by atoms with van der Waals surface area (Å²) >= 11 is 0. The smallest absolute Gasteiger partial charge is 0.343 e. The number of esters is 1. The van der Waals surface area contributed by atoms with Gasteiger partial charge in [0, 0.05) is 11.5 Å². The SMILES string of the molecule is CCOC(=O)c1cnn(-c2ccc3ccccc3n2)c1NC(=O)/C=C/c1ccc(C(C)C)cc1. The first-order valence-electron chi connectivity index (χ1n) is 11.2. The highest BCUT2D eigenvalue weighted by Gasteiger charge is 2.21. The van der Waals surface area contributed by atoms with Gasteiger partial charge in [0.05, 0.1) is 18.3 Å². The van der Waals surface area contributed by atoms with E-state index in [9.17, 15) is 9.59 Å². The van der Waals surface area contributed by atoms with Gasteiger partial charge in [-0.15, -0.1) is 0 Å². The van der Waals surface area contributed by atoms with Crippen LogP contribution in [0.3, 0.4) is 0 Å². The van der Waals surface area contributed by atoms with Crippen molar-refractivity contribution in [2.75, 3.05) is 11.9 Å². The minimum atomic E-state index is -0.571. The van der Waals surface area contributed by atoms with E-state index >= 15 is 0 Å². The van der Waals surface area contributed by atoms with Crippen LogP contribution in [0.2, 0.25) is 0 Å². The number of nitrogens with zero attached hydrogens (tertiary/aromatic N) is 3. The van der Waals surface area contributed by atoms with Gasteiger partial charge in [-0.05, 0) is 48.2 Å². The number of rotatable bonds is 7. The van der Waals surface area contributed by atoms with E-state index in [0.717, 1.165) is 16.5 Å². The average molecular weight is 455 g/mol.